The summed E-state index contributed by atoms with van der Waals surface area (Å²) >= 11 is 0. The number of carbonyl (C=O) groups excluding carboxylic acids is 1. The number of nitrogens with one attached hydrogen (secondary N) is 2. The molecule has 4 nitrogen and oxygen atoms in total. The van der Waals surface area contributed by atoms with E-state index in [2.05, 4.69) is 10.6 Å². The molecule has 0 unspecified atom stereocenters. The summed E-state index contributed by atoms with van der Waals surface area (Å²) in [5, 5.41) is 6.35. The number of amides is 1. The van der Waals surface area contributed by atoms with E-state index in [1.807, 2.05) is 54.6 Å². The average molecular weight is 347 g/mol. The molecule has 0 spiro atoms. The first-order chi connectivity index (χ1) is 11.3. The largest absolute Gasteiger partial charge is 0.489 e. The van der Waals surface area contributed by atoms with Crippen molar-refractivity contribution in [2.45, 2.75) is 19.4 Å². The highest BCUT2D eigenvalue weighted by molar-refractivity contribution is 5.93. The number of halogens is 1. The lowest BCUT2D eigenvalue weighted by molar-refractivity contribution is -0.120. The van der Waals surface area contributed by atoms with E-state index in [9.17, 15) is 4.79 Å². The van der Waals surface area contributed by atoms with Crippen LogP contribution in [0.3, 0.4) is 0 Å². The standard InChI is InChI=1S/C19H22N2O2.ClH/c22-19(15-10-12-20-13-11-15)21-18-9-5-4-6-16(18)14-23-17-7-2-1-3-8-17;/h1-9,15,20H,10-14H2,(H,21,22);1H. The lowest BCUT2D eigenvalue weighted by Gasteiger charge is -2.22. The second-order valence-electron chi connectivity index (χ2n) is 5.77. The van der Waals surface area contributed by atoms with Gasteiger partial charge in [-0.15, -0.1) is 12.4 Å². The maximum atomic E-state index is 12.4. The summed E-state index contributed by atoms with van der Waals surface area (Å²) < 4.78 is 5.80. The van der Waals surface area contributed by atoms with E-state index in [1.165, 1.54) is 0 Å². The summed E-state index contributed by atoms with van der Waals surface area (Å²) in [5.74, 6) is 1.03. The molecule has 1 aliphatic rings. The fraction of sp³-hybridized carbons (Fsp3) is 0.316. The average Bonchev–Trinajstić information content (AvgIpc) is 2.62. The van der Waals surface area contributed by atoms with Crippen LogP contribution in [0.5, 0.6) is 5.75 Å². The molecule has 1 saturated heterocycles. The first-order valence-corrected chi connectivity index (χ1v) is 8.10. The van der Waals surface area contributed by atoms with Crippen molar-refractivity contribution >= 4 is 24.0 Å². The maximum Gasteiger partial charge on any atom is 0.227 e. The topological polar surface area (TPSA) is 50.4 Å². The minimum absolute atomic E-state index is 0. The van der Waals surface area contributed by atoms with Gasteiger partial charge in [0.2, 0.25) is 5.91 Å². The molecule has 2 aromatic rings. The molecular formula is C19H23ClN2O2. The van der Waals surface area contributed by atoms with Gasteiger partial charge in [0.1, 0.15) is 12.4 Å². The van der Waals surface area contributed by atoms with Crippen molar-refractivity contribution in [2.75, 3.05) is 18.4 Å². The van der Waals surface area contributed by atoms with E-state index < -0.39 is 0 Å². The summed E-state index contributed by atoms with van der Waals surface area (Å²) in [7, 11) is 0. The minimum Gasteiger partial charge on any atom is -0.489 e. The van der Waals surface area contributed by atoms with Crippen LogP contribution in [0.15, 0.2) is 54.6 Å². The molecule has 1 aliphatic heterocycles. The molecule has 1 heterocycles. The van der Waals surface area contributed by atoms with E-state index in [0.717, 1.165) is 42.9 Å². The van der Waals surface area contributed by atoms with Gasteiger partial charge in [-0.25, -0.2) is 0 Å². The molecule has 3 rings (SSSR count). The Balaban J connectivity index is 0.00000208. The molecule has 24 heavy (non-hydrogen) atoms. The second kappa shape index (κ2) is 9.30. The van der Waals surface area contributed by atoms with Gasteiger partial charge in [0.25, 0.3) is 0 Å². The van der Waals surface area contributed by atoms with E-state index in [4.69, 9.17) is 4.74 Å². The molecule has 1 fully saturated rings. The Hall–Kier alpha value is -2.04. The van der Waals surface area contributed by atoms with Crippen molar-refractivity contribution in [3.8, 4) is 5.75 Å². The van der Waals surface area contributed by atoms with Gasteiger partial charge in [0, 0.05) is 17.2 Å². The van der Waals surface area contributed by atoms with Crippen molar-refractivity contribution in [1.29, 1.82) is 0 Å². The fourth-order valence-corrected chi connectivity index (χ4v) is 2.76. The van der Waals surface area contributed by atoms with Crippen molar-refractivity contribution in [3.05, 3.63) is 60.2 Å². The highest BCUT2D eigenvalue weighted by Gasteiger charge is 2.21. The van der Waals surface area contributed by atoms with Crippen LogP contribution in [0, 0.1) is 5.92 Å². The number of ether oxygens (including phenoxy) is 1. The predicted molar refractivity (Wildman–Crippen MR) is 98.7 cm³/mol. The molecule has 2 N–H and O–H groups in total. The van der Waals surface area contributed by atoms with E-state index >= 15 is 0 Å². The third-order valence-electron chi connectivity index (χ3n) is 4.12. The van der Waals surface area contributed by atoms with Crippen LogP contribution in [-0.2, 0) is 11.4 Å². The normalized spacial score (nSPS) is 14.5. The van der Waals surface area contributed by atoms with E-state index in [1.54, 1.807) is 0 Å². The zero-order chi connectivity index (χ0) is 15.9. The van der Waals surface area contributed by atoms with Crippen molar-refractivity contribution in [2.24, 2.45) is 5.92 Å². The van der Waals surface area contributed by atoms with Crippen LogP contribution in [0.25, 0.3) is 0 Å². The second-order valence-corrected chi connectivity index (χ2v) is 5.77. The molecule has 128 valence electrons. The Labute approximate surface area is 149 Å². The van der Waals surface area contributed by atoms with Gasteiger partial charge in [-0.1, -0.05) is 36.4 Å². The van der Waals surface area contributed by atoms with Gasteiger partial charge in [-0.3, -0.25) is 4.79 Å². The van der Waals surface area contributed by atoms with Gasteiger partial charge in [-0.2, -0.15) is 0 Å². The summed E-state index contributed by atoms with van der Waals surface area (Å²) in [6, 6.07) is 17.5. The Morgan fingerprint density at radius 3 is 2.46 bits per heavy atom. The first-order valence-electron chi connectivity index (χ1n) is 8.10. The van der Waals surface area contributed by atoms with Gasteiger partial charge in [0.15, 0.2) is 0 Å². The number of anilines is 1. The molecule has 5 heteroatoms. The van der Waals surface area contributed by atoms with Crippen molar-refractivity contribution in [3.63, 3.8) is 0 Å². The highest BCUT2D eigenvalue weighted by atomic mass is 35.5. The molecule has 0 radical (unpaired) electrons. The van der Waals surface area contributed by atoms with Crippen LogP contribution >= 0.6 is 12.4 Å². The minimum atomic E-state index is 0. The Bertz CT molecular complexity index is 643. The third kappa shape index (κ3) is 4.98. The fourth-order valence-electron chi connectivity index (χ4n) is 2.76. The van der Waals surface area contributed by atoms with Crippen LogP contribution in [0.1, 0.15) is 18.4 Å². The van der Waals surface area contributed by atoms with Gasteiger partial charge < -0.3 is 15.4 Å². The molecule has 1 amide bonds. The van der Waals surface area contributed by atoms with Crippen molar-refractivity contribution in [1.82, 2.24) is 5.32 Å². The number of hydrogen-bond acceptors (Lipinski definition) is 3. The summed E-state index contributed by atoms with van der Waals surface area (Å²) in [6.07, 6.45) is 1.79. The Morgan fingerprint density at radius 2 is 1.71 bits per heavy atom. The van der Waals surface area contributed by atoms with Crippen molar-refractivity contribution < 1.29 is 9.53 Å². The molecule has 0 aliphatic carbocycles. The quantitative estimate of drug-likeness (QED) is 0.869. The maximum absolute atomic E-state index is 12.4. The lowest BCUT2D eigenvalue weighted by Crippen LogP contribution is -2.34. The number of para-hydroxylation sites is 2. The SMILES string of the molecule is Cl.O=C(Nc1ccccc1COc1ccccc1)C1CCNCC1. The zero-order valence-corrected chi connectivity index (χ0v) is 14.4. The monoisotopic (exact) mass is 346 g/mol. The van der Waals surface area contributed by atoms with Crippen LogP contribution < -0.4 is 15.4 Å². The number of rotatable bonds is 5. The molecular weight excluding hydrogens is 324 g/mol. The summed E-state index contributed by atoms with van der Waals surface area (Å²) in [5.41, 5.74) is 1.82. The highest BCUT2D eigenvalue weighted by Crippen LogP contribution is 2.21. The molecule has 0 aromatic heterocycles. The number of hydrogen-bond donors (Lipinski definition) is 2. The number of benzene rings is 2. The van der Waals surface area contributed by atoms with E-state index in [-0.39, 0.29) is 24.2 Å². The third-order valence-corrected chi connectivity index (χ3v) is 4.12. The molecule has 0 saturated carbocycles. The predicted octanol–water partition coefficient (Wildman–Crippen LogP) is 3.63. The van der Waals surface area contributed by atoms with Gasteiger partial charge in [-0.05, 0) is 44.1 Å². The van der Waals surface area contributed by atoms with Gasteiger partial charge in [0.05, 0.1) is 0 Å². The molecule has 2 aromatic carbocycles. The number of piperidine rings is 1. The molecule has 0 atom stereocenters. The Kier molecular flexibility index (Phi) is 7.09. The smallest absolute Gasteiger partial charge is 0.227 e. The number of carbonyl (C=O) groups is 1. The Morgan fingerprint density at radius 1 is 1.04 bits per heavy atom. The van der Waals surface area contributed by atoms with Crippen LogP contribution in [0.2, 0.25) is 0 Å². The van der Waals surface area contributed by atoms with Crippen LogP contribution in [-0.4, -0.2) is 19.0 Å². The summed E-state index contributed by atoms with van der Waals surface area (Å²) in [4.78, 5) is 12.4. The van der Waals surface area contributed by atoms with Crippen LogP contribution in [0.4, 0.5) is 5.69 Å². The molecule has 0 bridgehead atoms. The lowest BCUT2D eigenvalue weighted by atomic mass is 9.97. The first kappa shape index (κ1) is 18.3. The van der Waals surface area contributed by atoms with Gasteiger partial charge >= 0.3 is 0 Å². The summed E-state index contributed by atoms with van der Waals surface area (Å²) in [6.45, 7) is 2.26. The van der Waals surface area contributed by atoms with E-state index in [0.29, 0.717) is 6.61 Å². The zero-order valence-electron chi connectivity index (χ0n) is 13.5.